The van der Waals surface area contributed by atoms with Gasteiger partial charge < -0.3 is 14.2 Å². The van der Waals surface area contributed by atoms with Gasteiger partial charge in [-0.25, -0.2) is 0 Å². The molecule has 0 atom stereocenters. The van der Waals surface area contributed by atoms with E-state index < -0.39 is 0 Å². The Bertz CT molecular complexity index is 753. The molecule has 0 unspecified atom stereocenters. The number of thiophene rings is 1. The number of benzene rings is 1. The van der Waals surface area contributed by atoms with E-state index in [-0.39, 0.29) is 19.1 Å². The van der Waals surface area contributed by atoms with Crippen LogP contribution in [-0.4, -0.2) is 24.7 Å². The minimum atomic E-state index is -0.113. The molecule has 23 heavy (non-hydrogen) atoms. The molecule has 1 amide bonds. The first kappa shape index (κ1) is 15.5. The van der Waals surface area contributed by atoms with Crippen LogP contribution in [0.3, 0.4) is 0 Å². The summed E-state index contributed by atoms with van der Waals surface area (Å²) in [7, 11) is 1.73. The lowest BCUT2D eigenvalue weighted by atomic mass is 10.3. The number of carbonyl (C=O) groups is 1. The second-order valence-corrected chi connectivity index (χ2v) is 5.89. The van der Waals surface area contributed by atoms with Crippen molar-refractivity contribution in [1.82, 2.24) is 5.16 Å². The summed E-state index contributed by atoms with van der Waals surface area (Å²) in [5.74, 6) is 0.601. The Morgan fingerprint density at radius 1 is 1.26 bits per heavy atom. The average Bonchev–Trinajstić information content (AvgIpc) is 3.26. The monoisotopic (exact) mass is 328 g/mol. The number of hydrogen-bond acceptors (Lipinski definition) is 5. The lowest BCUT2D eigenvalue weighted by Gasteiger charge is -2.16. The van der Waals surface area contributed by atoms with Crippen LogP contribution >= 0.6 is 11.3 Å². The zero-order valence-electron chi connectivity index (χ0n) is 12.6. The minimum absolute atomic E-state index is 0.00735. The van der Waals surface area contributed by atoms with E-state index in [1.165, 1.54) is 0 Å². The first-order valence-corrected chi connectivity index (χ1v) is 8.01. The van der Waals surface area contributed by atoms with Gasteiger partial charge in [0.05, 0.1) is 11.5 Å². The van der Waals surface area contributed by atoms with Gasteiger partial charge in [0.2, 0.25) is 0 Å². The van der Waals surface area contributed by atoms with Crippen molar-refractivity contribution < 1.29 is 14.1 Å². The van der Waals surface area contributed by atoms with E-state index in [9.17, 15) is 4.79 Å². The fraction of sp³-hybridized carbons (Fsp3) is 0.176. The molecule has 0 fully saturated rings. The first-order valence-electron chi connectivity index (χ1n) is 7.13. The summed E-state index contributed by atoms with van der Waals surface area (Å²) >= 11 is 1.58. The molecule has 2 heterocycles. The van der Waals surface area contributed by atoms with Crippen molar-refractivity contribution in [2.75, 3.05) is 18.6 Å². The van der Waals surface area contributed by atoms with Crippen LogP contribution in [0.2, 0.25) is 0 Å². The molecular weight excluding hydrogens is 312 g/mol. The third-order valence-corrected chi connectivity index (χ3v) is 4.20. The van der Waals surface area contributed by atoms with Gasteiger partial charge in [-0.3, -0.25) is 4.79 Å². The number of carbonyl (C=O) groups excluding carboxylic acids is 1. The fourth-order valence-electron chi connectivity index (χ4n) is 2.05. The molecule has 118 valence electrons. The number of ether oxygens (including phenoxy) is 1. The van der Waals surface area contributed by atoms with Crippen LogP contribution in [-0.2, 0) is 16.1 Å². The van der Waals surface area contributed by atoms with Gasteiger partial charge in [-0.15, -0.1) is 11.3 Å². The standard InChI is InChI=1S/C17H16N2O3S/c1-19(14-6-3-2-4-7-14)17(20)12-21-11-13-10-15(22-18-13)16-8-5-9-23-16/h2-10H,11-12H2,1H3. The molecule has 1 aromatic carbocycles. The van der Waals surface area contributed by atoms with Gasteiger partial charge >= 0.3 is 0 Å². The van der Waals surface area contributed by atoms with Crippen molar-refractivity contribution in [2.45, 2.75) is 6.61 Å². The Kier molecular flexibility index (Phi) is 4.85. The number of rotatable bonds is 6. The highest BCUT2D eigenvalue weighted by atomic mass is 32.1. The molecule has 0 radical (unpaired) electrons. The van der Waals surface area contributed by atoms with Gasteiger partial charge in [0, 0.05) is 18.8 Å². The van der Waals surface area contributed by atoms with E-state index in [0.717, 1.165) is 10.6 Å². The van der Waals surface area contributed by atoms with Crippen molar-refractivity contribution in [2.24, 2.45) is 0 Å². The smallest absolute Gasteiger partial charge is 0.252 e. The van der Waals surface area contributed by atoms with Crippen LogP contribution in [0.15, 0.2) is 58.4 Å². The Morgan fingerprint density at radius 2 is 2.09 bits per heavy atom. The van der Waals surface area contributed by atoms with E-state index in [1.807, 2.05) is 53.9 Å². The van der Waals surface area contributed by atoms with Gasteiger partial charge in [0.15, 0.2) is 5.76 Å². The van der Waals surface area contributed by atoms with Crippen molar-refractivity contribution in [1.29, 1.82) is 0 Å². The van der Waals surface area contributed by atoms with Crippen LogP contribution in [0.1, 0.15) is 5.69 Å². The summed E-state index contributed by atoms with van der Waals surface area (Å²) < 4.78 is 10.7. The highest BCUT2D eigenvalue weighted by Crippen LogP contribution is 2.25. The van der Waals surface area contributed by atoms with E-state index in [2.05, 4.69) is 5.16 Å². The second kappa shape index (κ2) is 7.21. The zero-order valence-corrected chi connectivity index (χ0v) is 13.5. The molecule has 0 aliphatic heterocycles. The predicted molar refractivity (Wildman–Crippen MR) is 89.3 cm³/mol. The molecule has 3 aromatic rings. The van der Waals surface area contributed by atoms with Gasteiger partial charge in [-0.05, 0) is 23.6 Å². The molecule has 0 aliphatic rings. The third kappa shape index (κ3) is 3.85. The molecule has 6 heteroatoms. The summed E-state index contributed by atoms with van der Waals surface area (Å²) in [5, 5.41) is 5.93. The molecule has 0 spiro atoms. The number of nitrogens with zero attached hydrogens (tertiary/aromatic N) is 2. The summed E-state index contributed by atoms with van der Waals surface area (Å²) in [5.41, 5.74) is 1.51. The largest absolute Gasteiger partial charge is 0.365 e. The molecule has 0 N–H and O–H groups in total. The Hall–Kier alpha value is -2.44. The van der Waals surface area contributed by atoms with Crippen LogP contribution < -0.4 is 4.90 Å². The maximum absolute atomic E-state index is 12.1. The topological polar surface area (TPSA) is 55.6 Å². The summed E-state index contributed by atoms with van der Waals surface area (Å²) in [6.45, 7) is 0.232. The molecule has 0 bridgehead atoms. The molecule has 5 nitrogen and oxygen atoms in total. The highest BCUT2D eigenvalue weighted by Gasteiger charge is 2.12. The van der Waals surface area contributed by atoms with Crippen LogP contribution in [0, 0.1) is 0 Å². The maximum Gasteiger partial charge on any atom is 0.252 e. The molecule has 3 rings (SSSR count). The van der Waals surface area contributed by atoms with Crippen LogP contribution in [0.5, 0.6) is 0 Å². The highest BCUT2D eigenvalue weighted by molar-refractivity contribution is 7.13. The lowest BCUT2D eigenvalue weighted by molar-refractivity contribution is -0.123. The van der Waals surface area contributed by atoms with Crippen molar-refractivity contribution in [3.8, 4) is 10.6 Å². The van der Waals surface area contributed by atoms with Gasteiger partial charge in [0.25, 0.3) is 5.91 Å². The summed E-state index contributed by atoms with van der Waals surface area (Å²) in [4.78, 5) is 14.7. The van der Waals surface area contributed by atoms with Gasteiger partial charge in [-0.2, -0.15) is 0 Å². The Labute approximate surface area is 138 Å². The van der Waals surface area contributed by atoms with Gasteiger partial charge in [0.1, 0.15) is 12.3 Å². The minimum Gasteiger partial charge on any atom is -0.365 e. The SMILES string of the molecule is CN(C(=O)COCc1cc(-c2cccs2)on1)c1ccccc1. The molecule has 0 saturated carbocycles. The number of hydrogen-bond donors (Lipinski definition) is 0. The van der Waals surface area contributed by atoms with Crippen molar-refractivity contribution in [3.05, 3.63) is 59.6 Å². The maximum atomic E-state index is 12.1. The lowest BCUT2D eigenvalue weighted by Crippen LogP contribution is -2.30. The number of aromatic nitrogens is 1. The molecule has 0 saturated heterocycles. The van der Waals surface area contributed by atoms with Crippen molar-refractivity contribution >= 4 is 22.9 Å². The van der Waals surface area contributed by atoms with E-state index >= 15 is 0 Å². The summed E-state index contributed by atoms with van der Waals surface area (Å²) in [6.07, 6.45) is 0. The molecular formula is C17H16N2O3S. The number of anilines is 1. The van der Waals surface area contributed by atoms with Gasteiger partial charge in [-0.1, -0.05) is 29.4 Å². The molecule has 2 aromatic heterocycles. The quantitative estimate of drug-likeness (QED) is 0.694. The fourth-order valence-corrected chi connectivity index (χ4v) is 2.72. The Balaban J connectivity index is 1.50. The Morgan fingerprint density at radius 3 is 2.83 bits per heavy atom. The second-order valence-electron chi connectivity index (χ2n) is 4.94. The van der Waals surface area contributed by atoms with E-state index in [4.69, 9.17) is 9.26 Å². The normalized spacial score (nSPS) is 10.7. The zero-order chi connectivity index (χ0) is 16.1. The van der Waals surface area contributed by atoms with E-state index in [1.54, 1.807) is 23.3 Å². The van der Waals surface area contributed by atoms with Crippen LogP contribution in [0.4, 0.5) is 5.69 Å². The average molecular weight is 328 g/mol. The predicted octanol–water partition coefficient (Wildman–Crippen LogP) is 3.58. The van der Waals surface area contributed by atoms with Crippen LogP contribution in [0.25, 0.3) is 10.6 Å². The van der Waals surface area contributed by atoms with Crippen molar-refractivity contribution in [3.63, 3.8) is 0 Å². The number of amides is 1. The number of likely N-dealkylation sites (N-methyl/N-ethyl adjacent to an activating group) is 1. The first-order chi connectivity index (χ1) is 11.2. The third-order valence-electron chi connectivity index (χ3n) is 3.32. The van der Waals surface area contributed by atoms with E-state index in [0.29, 0.717) is 11.5 Å². The number of para-hydroxylation sites is 1. The molecule has 0 aliphatic carbocycles. The summed E-state index contributed by atoms with van der Waals surface area (Å²) in [6, 6.07) is 15.2.